The van der Waals surface area contributed by atoms with E-state index in [4.69, 9.17) is 14.5 Å². The number of rotatable bonds is 4. The molecule has 6 nitrogen and oxygen atoms in total. The lowest BCUT2D eigenvalue weighted by Crippen LogP contribution is -2.35. The zero-order chi connectivity index (χ0) is 21.8. The number of hydrogen-bond acceptors (Lipinski definition) is 5. The van der Waals surface area contributed by atoms with E-state index in [0.29, 0.717) is 0 Å². The Balaban J connectivity index is 1.57. The van der Waals surface area contributed by atoms with E-state index in [9.17, 15) is 4.79 Å². The summed E-state index contributed by atoms with van der Waals surface area (Å²) in [5.41, 5.74) is 3.36. The largest absolute Gasteiger partial charge is 0.444 e. The molecule has 0 aliphatic carbocycles. The van der Waals surface area contributed by atoms with Gasteiger partial charge in [-0.2, -0.15) is 0 Å². The average molecular weight is 420 g/mol. The van der Waals surface area contributed by atoms with Crippen LogP contribution in [0, 0.1) is 0 Å². The van der Waals surface area contributed by atoms with Crippen molar-refractivity contribution < 1.29 is 14.3 Å². The van der Waals surface area contributed by atoms with Gasteiger partial charge in [-0.15, -0.1) is 0 Å². The Morgan fingerprint density at radius 1 is 1.06 bits per heavy atom. The molecule has 1 saturated heterocycles. The van der Waals surface area contributed by atoms with E-state index in [0.717, 1.165) is 66.1 Å². The summed E-state index contributed by atoms with van der Waals surface area (Å²) in [4.78, 5) is 19.3. The average Bonchev–Trinajstić information content (AvgIpc) is 2.74. The Labute approximate surface area is 183 Å². The van der Waals surface area contributed by atoms with Crippen LogP contribution in [-0.4, -0.2) is 47.9 Å². The second-order valence-corrected chi connectivity index (χ2v) is 8.76. The summed E-state index contributed by atoms with van der Waals surface area (Å²) in [6, 6.07) is 16.2. The summed E-state index contributed by atoms with van der Waals surface area (Å²) in [5.74, 6) is 0. The Hall–Kier alpha value is -2.96. The second kappa shape index (κ2) is 9.04. The third kappa shape index (κ3) is 5.40. The van der Waals surface area contributed by atoms with Crippen LogP contribution < -0.4 is 5.32 Å². The molecule has 2 heterocycles. The fraction of sp³-hybridized carbons (Fsp3) is 0.360. The van der Waals surface area contributed by atoms with E-state index in [1.807, 2.05) is 51.2 Å². The van der Waals surface area contributed by atoms with Gasteiger partial charge in [0.1, 0.15) is 5.60 Å². The van der Waals surface area contributed by atoms with Crippen molar-refractivity contribution in [3.63, 3.8) is 0 Å². The first-order chi connectivity index (χ1) is 14.9. The third-order valence-electron chi connectivity index (χ3n) is 5.18. The Morgan fingerprint density at radius 2 is 1.81 bits per heavy atom. The number of aromatic nitrogens is 1. The number of amides is 1. The number of anilines is 1. The maximum Gasteiger partial charge on any atom is 0.412 e. The van der Waals surface area contributed by atoms with E-state index in [1.54, 1.807) is 0 Å². The molecule has 2 aromatic carbocycles. The van der Waals surface area contributed by atoms with Gasteiger partial charge in [0.25, 0.3) is 0 Å². The first-order valence-electron chi connectivity index (χ1n) is 10.7. The predicted octanol–water partition coefficient (Wildman–Crippen LogP) is 5.08. The molecule has 3 aromatic rings. The van der Waals surface area contributed by atoms with Crippen molar-refractivity contribution in [2.45, 2.75) is 32.9 Å². The van der Waals surface area contributed by atoms with Crippen LogP contribution in [0.5, 0.6) is 0 Å². The lowest BCUT2D eigenvalue weighted by Gasteiger charge is -2.26. The molecule has 6 heteroatoms. The molecular formula is C25H29N3O3. The minimum atomic E-state index is -0.547. The smallest absolute Gasteiger partial charge is 0.412 e. The monoisotopic (exact) mass is 419 g/mol. The van der Waals surface area contributed by atoms with Gasteiger partial charge in [0, 0.05) is 36.8 Å². The van der Waals surface area contributed by atoms with Crippen molar-refractivity contribution in [2.75, 3.05) is 31.6 Å². The van der Waals surface area contributed by atoms with Gasteiger partial charge in [-0.1, -0.05) is 36.4 Å². The van der Waals surface area contributed by atoms with Gasteiger partial charge in [-0.25, -0.2) is 4.79 Å². The maximum atomic E-state index is 12.3. The molecule has 1 fully saturated rings. The van der Waals surface area contributed by atoms with Gasteiger partial charge >= 0.3 is 6.09 Å². The second-order valence-electron chi connectivity index (χ2n) is 8.76. The zero-order valence-electron chi connectivity index (χ0n) is 18.4. The summed E-state index contributed by atoms with van der Waals surface area (Å²) < 4.78 is 10.8. The van der Waals surface area contributed by atoms with E-state index in [-0.39, 0.29) is 0 Å². The molecule has 0 unspecified atom stereocenters. The summed E-state index contributed by atoms with van der Waals surface area (Å²) >= 11 is 0. The first-order valence-corrected chi connectivity index (χ1v) is 10.7. The molecule has 0 bridgehead atoms. The summed E-state index contributed by atoms with van der Waals surface area (Å²) in [6.45, 7) is 9.85. The highest BCUT2D eigenvalue weighted by Gasteiger charge is 2.17. The summed E-state index contributed by atoms with van der Waals surface area (Å²) in [6.07, 6.45) is 1.47. The van der Waals surface area contributed by atoms with Gasteiger partial charge < -0.3 is 9.47 Å². The topological polar surface area (TPSA) is 63.7 Å². The standard InChI is InChI=1S/C25H29N3O3/c1-25(2,3)31-24(29)27-23-9-5-7-21-20(6-4-8-22(21)23)18-10-11-19(26-16-18)17-28-12-14-30-15-13-28/h4-11,16H,12-15,17H2,1-3H3,(H,27,29). The molecule has 0 saturated carbocycles. The molecule has 0 atom stereocenters. The zero-order valence-corrected chi connectivity index (χ0v) is 18.4. The molecule has 1 amide bonds. The van der Waals surface area contributed by atoms with Crippen molar-refractivity contribution in [3.05, 3.63) is 60.4 Å². The SMILES string of the molecule is CC(C)(C)OC(=O)Nc1cccc2c(-c3ccc(CN4CCOCC4)nc3)cccc12. The number of nitrogens with one attached hydrogen (secondary N) is 1. The Bertz CT molecular complexity index is 1050. The molecule has 4 rings (SSSR count). The van der Waals surface area contributed by atoms with Gasteiger partial charge in [-0.05, 0) is 43.9 Å². The molecule has 0 radical (unpaired) electrons. The normalized spacial score (nSPS) is 15.1. The van der Waals surface area contributed by atoms with Crippen molar-refractivity contribution in [1.29, 1.82) is 0 Å². The highest BCUT2D eigenvalue weighted by atomic mass is 16.6. The Kier molecular flexibility index (Phi) is 6.20. The minimum absolute atomic E-state index is 0.459. The van der Waals surface area contributed by atoms with Crippen LogP contribution in [0.2, 0.25) is 0 Å². The quantitative estimate of drug-likeness (QED) is 0.639. The molecule has 31 heavy (non-hydrogen) atoms. The van der Waals surface area contributed by atoms with Gasteiger partial charge in [0.2, 0.25) is 0 Å². The van der Waals surface area contributed by atoms with Gasteiger partial charge in [0.05, 0.1) is 24.6 Å². The number of carbonyl (C=O) groups is 1. The minimum Gasteiger partial charge on any atom is -0.444 e. The number of benzene rings is 2. The fourth-order valence-electron chi connectivity index (χ4n) is 3.75. The molecular weight excluding hydrogens is 390 g/mol. The Morgan fingerprint density at radius 3 is 2.52 bits per heavy atom. The summed E-state index contributed by atoms with van der Waals surface area (Å²) in [5, 5.41) is 4.90. The molecule has 1 aromatic heterocycles. The number of carbonyl (C=O) groups excluding carboxylic acids is 1. The van der Waals surface area contributed by atoms with Crippen LogP contribution in [0.1, 0.15) is 26.5 Å². The number of nitrogens with zero attached hydrogens (tertiary/aromatic N) is 2. The van der Waals surface area contributed by atoms with Crippen molar-refractivity contribution in [2.24, 2.45) is 0 Å². The van der Waals surface area contributed by atoms with E-state index < -0.39 is 11.7 Å². The van der Waals surface area contributed by atoms with E-state index >= 15 is 0 Å². The lowest BCUT2D eigenvalue weighted by atomic mass is 9.98. The highest BCUT2D eigenvalue weighted by Crippen LogP contribution is 2.32. The molecule has 162 valence electrons. The highest BCUT2D eigenvalue weighted by molar-refractivity contribution is 6.06. The predicted molar refractivity (Wildman–Crippen MR) is 123 cm³/mol. The van der Waals surface area contributed by atoms with Crippen LogP contribution in [-0.2, 0) is 16.0 Å². The molecule has 0 spiro atoms. The number of morpholine rings is 1. The third-order valence-corrected chi connectivity index (χ3v) is 5.18. The van der Waals surface area contributed by atoms with Crippen LogP contribution in [0.4, 0.5) is 10.5 Å². The van der Waals surface area contributed by atoms with Gasteiger partial charge in [0.15, 0.2) is 0 Å². The number of ether oxygens (including phenoxy) is 2. The van der Waals surface area contributed by atoms with E-state index in [1.165, 1.54) is 0 Å². The van der Waals surface area contributed by atoms with Crippen LogP contribution in [0.15, 0.2) is 54.7 Å². The van der Waals surface area contributed by atoms with Crippen molar-refractivity contribution in [3.8, 4) is 11.1 Å². The van der Waals surface area contributed by atoms with Crippen molar-refractivity contribution >= 4 is 22.6 Å². The molecule has 1 N–H and O–H groups in total. The lowest BCUT2D eigenvalue weighted by molar-refractivity contribution is 0.0336. The number of fused-ring (bicyclic) bond motifs is 1. The maximum absolute atomic E-state index is 12.3. The van der Waals surface area contributed by atoms with Crippen molar-refractivity contribution in [1.82, 2.24) is 9.88 Å². The van der Waals surface area contributed by atoms with Crippen LogP contribution >= 0.6 is 0 Å². The van der Waals surface area contributed by atoms with Crippen LogP contribution in [0.25, 0.3) is 21.9 Å². The first kappa shape index (κ1) is 21.3. The van der Waals surface area contributed by atoms with Crippen LogP contribution in [0.3, 0.4) is 0 Å². The molecule has 1 aliphatic rings. The number of pyridine rings is 1. The molecule has 1 aliphatic heterocycles. The number of hydrogen-bond donors (Lipinski definition) is 1. The van der Waals surface area contributed by atoms with E-state index in [2.05, 4.69) is 34.5 Å². The fourth-order valence-corrected chi connectivity index (χ4v) is 3.75. The van der Waals surface area contributed by atoms with Gasteiger partial charge in [-0.3, -0.25) is 15.2 Å². The summed E-state index contributed by atoms with van der Waals surface area (Å²) in [7, 11) is 0.